The van der Waals surface area contributed by atoms with Gasteiger partial charge in [-0.2, -0.15) is 0 Å². The Balaban J connectivity index is 1.70. The number of esters is 1. The second-order valence-corrected chi connectivity index (χ2v) is 12.6. The lowest BCUT2D eigenvalue weighted by atomic mass is 9.98. The molecule has 1 aliphatic rings. The Hall–Kier alpha value is -3.39. The van der Waals surface area contributed by atoms with Crippen molar-refractivity contribution in [3.63, 3.8) is 0 Å². The van der Waals surface area contributed by atoms with Crippen LogP contribution in [0.15, 0.2) is 48.5 Å². The minimum Gasteiger partial charge on any atom is -0.458 e. The fourth-order valence-electron chi connectivity index (χ4n) is 4.90. The molecule has 8 nitrogen and oxygen atoms in total. The number of ether oxygens (including phenoxy) is 3. The molecule has 0 saturated carbocycles. The van der Waals surface area contributed by atoms with E-state index in [1.165, 1.54) is 0 Å². The maximum absolute atomic E-state index is 13.4. The van der Waals surface area contributed by atoms with Gasteiger partial charge in [-0.3, -0.25) is 4.79 Å². The molecule has 0 fully saturated rings. The number of nitrogens with one attached hydrogen (secondary N) is 2. The molecule has 0 unspecified atom stereocenters. The fraction of sp³-hybridized carbons (Fsp3) is 0.531. The Kier molecular flexibility index (Phi) is 9.67. The van der Waals surface area contributed by atoms with Crippen LogP contribution in [0.3, 0.4) is 0 Å². The number of carbonyl (C=O) groups excluding carboxylic acids is 3. The molecule has 2 N–H and O–H groups in total. The Morgan fingerprint density at radius 2 is 1.30 bits per heavy atom. The molecule has 40 heavy (non-hydrogen) atoms. The summed E-state index contributed by atoms with van der Waals surface area (Å²) < 4.78 is 17.2. The molecule has 3 atom stereocenters. The standard InChI is InChI=1S/C32H44N2O6/c1-19(2)26(28(35)33-27(20(3)39-31(4,5)6)29(36)40-32(7,8)9)34-30(37)38-18-25-23-16-12-10-14-21(23)22-15-11-13-17-24(22)25/h10-17,19-20,25-27H,18H2,1-9H3,(H,33,35)(H,34,37)/t20-,26+,27+/m1/s1. The van der Waals surface area contributed by atoms with Crippen molar-refractivity contribution in [1.29, 1.82) is 0 Å². The van der Waals surface area contributed by atoms with Gasteiger partial charge in [0.25, 0.3) is 0 Å². The van der Waals surface area contributed by atoms with E-state index in [2.05, 4.69) is 22.8 Å². The maximum atomic E-state index is 13.4. The molecule has 0 radical (unpaired) electrons. The molecule has 218 valence electrons. The zero-order valence-corrected chi connectivity index (χ0v) is 25.2. The second-order valence-electron chi connectivity index (χ2n) is 12.6. The van der Waals surface area contributed by atoms with Crippen LogP contribution in [0.5, 0.6) is 0 Å². The number of rotatable bonds is 9. The minimum absolute atomic E-state index is 0.101. The van der Waals surface area contributed by atoms with E-state index in [-0.39, 0.29) is 18.4 Å². The Bertz CT molecular complexity index is 1160. The van der Waals surface area contributed by atoms with E-state index < -0.39 is 47.4 Å². The summed E-state index contributed by atoms with van der Waals surface area (Å²) in [6, 6.07) is 14.2. The van der Waals surface area contributed by atoms with Gasteiger partial charge in [-0.05, 0) is 76.6 Å². The molecule has 3 rings (SSSR count). The second kappa shape index (κ2) is 12.4. The smallest absolute Gasteiger partial charge is 0.407 e. The van der Waals surface area contributed by atoms with E-state index in [9.17, 15) is 14.4 Å². The molecule has 0 heterocycles. The van der Waals surface area contributed by atoms with Crippen molar-refractivity contribution in [1.82, 2.24) is 10.6 Å². The summed E-state index contributed by atoms with van der Waals surface area (Å²) in [6.07, 6.45) is -1.38. The van der Waals surface area contributed by atoms with Crippen molar-refractivity contribution >= 4 is 18.0 Å². The summed E-state index contributed by atoms with van der Waals surface area (Å²) in [5.41, 5.74) is 3.16. The highest BCUT2D eigenvalue weighted by Crippen LogP contribution is 2.44. The zero-order valence-electron chi connectivity index (χ0n) is 25.2. The van der Waals surface area contributed by atoms with E-state index in [0.717, 1.165) is 22.3 Å². The molecular formula is C32H44N2O6. The first-order valence-electron chi connectivity index (χ1n) is 13.9. The number of carbonyl (C=O) groups is 3. The highest BCUT2D eigenvalue weighted by molar-refractivity contribution is 5.90. The lowest BCUT2D eigenvalue weighted by Crippen LogP contribution is -2.58. The van der Waals surface area contributed by atoms with Gasteiger partial charge in [0.15, 0.2) is 6.04 Å². The van der Waals surface area contributed by atoms with Crippen LogP contribution >= 0.6 is 0 Å². The van der Waals surface area contributed by atoms with Crippen LogP contribution in [0.1, 0.15) is 79.4 Å². The Labute approximate surface area is 238 Å². The molecule has 0 spiro atoms. The van der Waals surface area contributed by atoms with Crippen LogP contribution in [-0.2, 0) is 23.8 Å². The van der Waals surface area contributed by atoms with Crippen LogP contribution in [-0.4, -0.2) is 54.0 Å². The Morgan fingerprint density at radius 3 is 1.77 bits per heavy atom. The van der Waals surface area contributed by atoms with Crippen LogP contribution in [0.4, 0.5) is 4.79 Å². The molecule has 0 saturated heterocycles. The van der Waals surface area contributed by atoms with Crippen molar-refractivity contribution in [2.24, 2.45) is 5.92 Å². The fourth-order valence-corrected chi connectivity index (χ4v) is 4.90. The summed E-state index contributed by atoms with van der Waals surface area (Å²) in [7, 11) is 0. The maximum Gasteiger partial charge on any atom is 0.407 e. The molecule has 8 heteroatoms. The number of alkyl carbamates (subject to hydrolysis) is 1. The molecule has 2 amide bonds. The van der Waals surface area contributed by atoms with E-state index in [1.54, 1.807) is 27.7 Å². The van der Waals surface area contributed by atoms with E-state index in [4.69, 9.17) is 14.2 Å². The molecule has 1 aliphatic carbocycles. The van der Waals surface area contributed by atoms with Gasteiger partial charge in [0, 0.05) is 5.92 Å². The average Bonchev–Trinajstić information content (AvgIpc) is 3.15. The van der Waals surface area contributed by atoms with Crippen LogP contribution in [0.25, 0.3) is 11.1 Å². The van der Waals surface area contributed by atoms with Gasteiger partial charge in [0.1, 0.15) is 18.2 Å². The van der Waals surface area contributed by atoms with Gasteiger partial charge < -0.3 is 24.8 Å². The van der Waals surface area contributed by atoms with Gasteiger partial charge in [0.2, 0.25) is 5.91 Å². The molecule has 0 bridgehead atoms. The van der Waals surface area contributed by atoms with Gasteiger partial charge in [-0.15, -0.1) is 0 Å². The van der Waals surface area contributed by atoms with Crippen LogP contribution < -0.4 is 10.6 Å². The summed E-state index contributed by atoms with van der Waals surface area (Å²) in [5.74, 6) is -1.51. The van der Waals surface area contributed by atoms with Crippen molar-refractivity contribution < 1.29 is 28.6 Å². The SMILES string of the molecule is CC(C)[C@H](NC(=O)OCC1c2ccccc2-c2ccccc21)C(=O)N[C@H](C(=O)OC(C)(C)C)[C@@H](C)OC(C)(C)C. The van der Waals surface area contributed by atoms with Crippen LogP contribution in [0.2, 0.25) is 0 Å². The average molecular weight is 553 g/mol. The first-order chi connectivity index (χ1) is 18.6. The first-order valence-corrected chi connectivity index (χ1v) is 13.9. The van der Waals surface area contributed by atoms with Gasteiger partial charge >= 0.3 is 12.1 Å². The van der Waals surface area contributed by atoms with Crippen molar-refractivity contribution in [3.05, 3.63) is 59.7 Å². The van der Waals surface area contributed by atoms with Gasteiger partial charge in [0.05, 0.1) is 11.7 Å². The number of benzene rings is 2. The normalized spacial score (nSPS) is 15.4. The third-order valence-corrected chi connectivity index (χ3v) is 6.53. The van der Waals surface area contributed by atoms with E-state index in [0.29, 0.717) is 0 Å². The monoisotopic (exact) mass is 552 g/mol. The van der Waals surface area contributed by atoms with Crippen molar-refractivity contribution in [3.8, 4) is 11.1 Å². The predicted molar refractivity (Wildman–Crippen MR) is 155 cm³/mol. The third kappa shape index (κ3) is 8.07. The number of hydrogen-bond donors (Lipinski definition) is 2. The summed E-state index contributed by atoms with van der Waals surface area (Å²) in [6.45, 7) is 16.3. The highest BCUT2D eigenvalue weighted by Gasteiger charge is 2.37. The summed E-state index contributed by atoms with van der Waals surface area (Å²) >= 11 is 0. The largest absolute Gasteiger partial charge is 0.458 e. The first kappa shape index (κ1) is 31.1. The van der Waals surface area contributed by atoms with Crippen molar-refractivity contribution in [2.45, 2.75) is 97.6 Å². The zero-order chi connectivity index (χ0) is 29.8. The number of amides is 2. The summed E-state index contributed by atoms with van der Waals surface area (Å²) in [4.78, 5) is 39.4. The van der Waals surface area contributed by atoms with Crippen molar-refractivity contribution in [2.75, 3.05) is 6.61 Å². The van der Waals surface area contributed by atoms with E-state index >= 15 is 0 Å². The van der Waals surface area contributed by atoms with Crippen LogP contribution in [0, 0.1) is 5.92 Å². The number of hydrogen-bond acceptors (Lipinski definition) is 6. The molecule has 2 aromatic rings. The predicted octanol–water partition coefficient (Wildman–Crippen LogP) is 5.58. The van der Waals surface area contributed by atoms with Gasteiger partial charge in [-0.1, -0.05) is 62.4 Å². The quantitative estimate of drug-likeness (QED) is 0.394. The lowest BCUT2D eigenvalue weighted by Gasteiger charge is -2.33. The molecule has 0 aliphatic heterocycles. The lowest BCUT2D eigenvalue weighted by molar-refractivity contribution is -0.166. The van der Waals surface area contributed by atoms with Gasteiger partial charge in [-0.25, -0.2) is 9.59 Å². The topological polar surface area (TPSA) is 103 Å². The summed E-state index contributed by atoms with van der Waals surface area (Å²) in [5, 5.41) is 5.46. The molecular weight excluding hydrogens is 508 g/mol. The molecule has 0 aromatic heterocycles. The molecule has 2 aromatic carbocycles. The minimum atomic E-state index is -1.07. The Morgan fingerprint density at radius 1 is 0.775 bits per heavy atom. The number of fused-ring (bicyclic) bond motifs is 3. The highest BCUT2D eigenvalue weighted by atomic mass is 16.6. The van der Waals surface area contributed by atoms with E-state index in [1.807, 2.05) is 71.0 Å². The third-order valence-electron chi connectivity index (χ3n) is 6.53.